The SMILES string of the molecule is CCN(CCNC(=O)c1ccc(NS(=O)(=O)c2cc(C)ccc2C)cc1)C(C)C. The fraction of sp³-hybridized carbons (Fsp3) is 0.409. The highest BCUT2D eigenvalue weighted by Gasteiger charge is 2.17. The summed E-state index contributed by atoms with van der Waals surface area (Å²) in [6.45, 7) is 12.3. The second-order valence-electron chi connectivity index (χ2n) is 7.43. The third-order valence-electron chi connectivity index (χ3n) is 4.85. The molecule has 0 bridgehead atoms. The monoisotopic (exact) mass is 417 g/mol. The summed E-state index contributed by atoms with van der Waals surface area (Å²) in [6, 6.07) is 12.2. The van der Waals surface area contributed by atoms with Crippen LogP contribution in [0.3, 0.4) is 0 Å². The zero-order valence-corrected chi connectivity index (χ0v) is 18.6. The standard InChI is InChI=1S/C22H31N3O3S/c1-6-25(16(2)3)14-13-23-22(26)19-9-11-20(12-10-19)24-29(27,28)21-15-17(4)7-8-18(21)5/h7-12,15-16,24H,6,13-14H2,1-5H3,(H,23,26). The van der Waals surface area contributed by atoms with E-state index in [0.29, 0.717) is 29.4 Å². The van der Waals surface area contributed by atoms with E-state index >= 15 is 0 Å². The number of anilines is 1. The molecule has 0 aliphatic carbocycles. The highest BCUT2D eigenvalue weighted by atomic mass is 32.2. The minimum atomic E-state index is -3.69. The maximum absolute atomic E-state index is 12.7. The molecule has 2 rings (SSSR count). The van der Waals surface area contributed by atoms with Crippen molar-refractivity contribution in [2.24, 2.45) is 0 Å². The van der Waals surface area contributed by atoms with E-state index in [-0.39, 0.29) is 10.8 Å². The van der Waals surface area contributed by atoms with Gasteiger partial charge >= 0.3 is 0 Å². The van der Waals surface area contributed by atoms with Gasteiger partial charge in [0, 0.05) is 30.4 Å². The topological polar surface area (TPSA) is 78.5 Å². The molecule has 29 heavy (non-hydrogen) atoms. The molecule has 0 fully saturated rings. The largest absolute Gasteiger partial charge is 0.351 e. The van der Waals surface area contributed by atoms with E-state index in [0.717, 1.165) is 18.7 Å². The maximum Gasteiger partial charge on any atom is 0.262 e. The van der Waals surface area contributed by atoms with Crippen molar-refractivity contribution in [3.05, 3.63) is 59.2 Å². The van der Waals surface area contributed by atoms with Gasteiger partial charge < -0.3 is 5.32 Å². The summed E-state index contributed by atoms with van der Waals surface area (Å²) < 4.78 is 28.0. The Morgan fingerprint density at radius 3 is 2.31 bits per heavy atom. The lowest BCUT2D eigenvalue weighted by atomic mass is 10.2. The normalized spacial score (nSPS) is 11.7. The fourth-order valence-electron chi connectivity index (χ4n) is 3.09. The second-order valence-corrected chi connectivity index (χ2v) is 9.08. The van der Waals surface area contributed by atoms with Gasteiger partial charge in [0.2, 0.25) is 0 Å². The molecule has 0 aliphatic rings. The number of amides is 1. The van der Waals surface area contributed by atoms with Crippen LogP contribution in [0, 0.1) is 13.8 Å². The summed E-state index contributed by atoms with van der Waals surface area (Å²) in [4.78, 5) is 14.8. The Morgan fingerprint density at radius 2 is 1.72 bits per heavy atom. The Kier molecular flexibility index (Phi) is 7.81. The van der Waals surface area contributed by atoms with Crippen LogP contribution in [0.1, 0.15) is 42.3 Å². The minimum absolute atomic E-state index is 0.172. The highest BCUT2D eigenvalue weighted by molar-refractivity contribution is 7.92. The molecule has 6 nitrogen and oxygen atoms in total. The molecule has 0 unspecified atom stereocenters. The maximum atomic E-state index is 12.7. The summed E-state index contributed by atoms with van der Waals surface area (Å²) in [7, 11) is -3.69. The lowest BCUT2D eigenvalue weighted by Crippen LogP contribution is -2.38. The number of carbonyl (C=O) groups excluding carboxylic acids is 1. The Labute approximate surface area is 174 Å². The first kappa shape index (κ1) is 22.9. The lowest BCUT2D eigenvalue weighted by molar-refractivity contribution is 0.0946. The molecule has 0 spiro atoms. The fourth-order valence-corrected chi connectivity index (χ4v) is 4.48. The van der Waals surface area contributed by atoms with Gasteiger partial charge in [-0.25, -0.2) is 8.42 Å². The molecule has 2 aromatic carbocycles. The summed E-state index contributed by atoms with van der Waals surface area (Å²) in [5.41, 5.74) is 2.47. The zero-order chi connectivity index (χ0) is 21.6. The van der Waals surface area contributed by atoms with E-state index in [9.17, 15) is 13.2 Å². The minimum Gasteiger partial charge on any atom is -0.351 e. The molecule has 1 amide bonds. The average Bonchev–Trinajstić information content (AvgIpc) is 2.66. The Morgan fingerprint density at radius 1 is 1.07 bits per heavy atom. The predicted molar refractivity (Wildman–Crippen MR) is 118 cm³/mol. The average molecular weight is 418 g/mol. The van der Waals surface area contributed by atoms with Gasteiger partial charge in [-0.3, -0.25) is 14.4 Å². The van der Waals surface area contributed by atoms with Crippen LogP contribution in [0.2, 0.25) is 0 Å². The number of hydrogen-bond donors (Lipinski definition) is 2. The van der Waals surface area contributed by atoms with Gasteiger partial charge in [-0.15, -0.1) is 0 Å². The number of aryl methyl sites for hydroxylation is 2. The molecule has 2 N–H and O–H groups in total. The number of benzene rings is 2. The van der Waals surface area contributed by atoms with Crippen LogP contribution in [0.15, 0.2) is 47.4 Å². The third kappa shape index (κ3) is 6.30. The summed E-state index contributed by atoms with van der Waals surface area (Å²) in [5, 5.41) is 2.91. The van der Waals surface area contributed by atoms with Gasteiger partial charge in [0.05, 0.1) is 4.90 Å². The molecule has 2 aromatic rings. The first-order valence-electron chi connectivity index (χ1n) is 9.86. The van der Waals surface area contributed by atoms with Gasteiger partial charge in [-0.05, 0) is 75.7 Å². The van der Waals surface area contributed by atoms with Crippen LogP contribution in [-0.2, 0) is 10.0 Å². The Hall–Kier alpha value is -2.38. The summed E-state index contributed by atoms with van der Waals surface area (Å²) >= 11 is 0. The van der Waals surface area contributed by atoms with E-state index in [1.54, 1.807) is 43.3 Å². The molecule has 0 aliphatic heterocycles. The van der Waals surface area contributed by atoms with Crippen molar-refractivity contribution in [1.29, 1.82) is 0 Å². The number of sulfonamides is 1. The van der Waals surface area contributed by atoms with E-state index in [1.807, 2.05) is 13.0 Å². The molecule has 0 radical (unpaired) electrons. The Bertz CT molecular complexity index is 938. The van der Waals surface area contributed by atoms with Crippen LogP contribution in [0.25, 0.3) is 0 Å². The highest BCUT2D eigenvalue weighted by Crippen LogP contribution is 2.21. The second kappa shape index (κ2) is 9.89. The molecule has 0 saturated carbocycles. The van der Waals surface area contributed by atoms with Gasteiger partial charge in [0.25, 0.3) is 15.9 Å². The van der Waals surface area contributed by atoms with Gasteiger partial charge in [-0.1, -0.05) is 19.1 Å². The zero-order valence-electron chi connectivity index (χ0n) is 17.8. The molecule has 0 atom stereocenters. The van der Waals surface area contributed by atoms with Crippen LogP contribution in [0.5, 0.6) is 0 Å². The first-order chi connectivity index (χ1) is 13.6. The van der Waals surface area contributed by atoms with E-state index in [4.69, 9.17) is 0 Å². The number of carbonyl (C=O) groups is 1. The molecular formula is C22H31N3O3S. The molecule has 0 aromatic heterocycles. The molecule has 158 valence electrons. The number of nitrogens with one attached hydrogen (secondary N) is 2. The van der Waals surface area contributed by atoms with Crippen LogP contribution in [0.4, 0.5) is 5.69 Å². The van der Waals surface area contributed by atoms with Crippen molar-refractivity contribution in [2.45, 2.75) is 45.6 Å². The van der Waals surface area contributed by atoms with Crippen molar-refractivity contribution >= 4 is 21.6 Å². The van der Waals surface area contributed by atoms with Crippen LogP contribution < -0.4 is 10.0 Å². The first-order valence-corrected chi connectivity index (χ1v) is 11.3. The van der Waals surface area contributed by atoms with Crippen LogP contribution in [-0.4, -0.2) is 44.9 Å². The predicted octanol–water partition coefficient (Wildman–Crippen LogP) is 3.56. The summed E-state index contributed by atoms with van der Waals surface area (Å²) in [5.74, 6) is -0.172. The molecule has 0 heterocycles. The Balaban J connectivity index is 2.01. The van der Waals surface area contributed by atoms with E-state index in [1.165, 1.54) is 0 Å². The van der Waals surface area contributed by atoms with Crippen LogP contribution >= 0.6 is 0 Å². The van der Waals surface area contributed by atoms with Crippen molar-refractivity contribution in [1.82, 2.24) is 10.2 Å². The lowest BCUT2D eigenvalue weighted by Gasteiger charge is -2.24. The molecular weight excluding hydrogens is 386 g/mol. The smallest absolute Gasteiger partial charge is 0.262 e. The summed E-state index contributed by atoms with van der Waals surface area (Å²) in [6.07, 6.45) is 0. The van der Waals surface area contributed by atoms with Crippen molar-refractivity contribution in [2.75, 3.05) is 24.4 Å². The number of hydrogen-bond acceptors (Lipinski definition) is 4. The number of rotatable bonds is 9. The van der Waals surface area contributed by atoms with Crippen molar-refractivity contribution < 1.29 is 13.2 Å². The quantitative estimate of drug-likeness (QED) is 0.654. The van der Waals surface area contributed by atoms with E-state index in [2.05, 4.69) is 35.7 Å². The third-order valence-corrected chi connectivity index (χ3v) is 6.38. The molecule has 7 heteroatoms. The van der Waals surface area contributed by atoms with Crippen molar-refractivity contribution in [3.63, 3.8) is 0 Å². The van der Waals surface area contributed by atoms with Crippen molar-refractivity contribution in [3.8, 4) is 0 Å². The van der Waals surface area contributed by atoms with Gasteiger partial charge in [0.15, 0.2) is 0 Å². The number of nitrogens with zero attached hydrogens (tertiary/aromatic N) is 1. The van der Waals surface area contributed by atoms with Gasteiger partial charge in [-0.2, -0.15) is 0 Å². The van der Waals surface area contributed by atoms with Gasteiger partial charge in [0.1, 0.15) is 0 Å². The van der Waals surface area contributed by atoms with E-state index < -0.39 is 10.0 Å². The molecule has 0 saturated heterocycles. The number of likely N-dealkylation sites (N-methyl/N-ethyl adjacent to an activating group) is 1.